The Hall–Kier alpha value is -2.36. The maximum atomic E-state index is 8.43. The van der Waals surface area contributed by atoms with Crippen LogP contribution < -0.4 is 4.74 Å². The molecule has 146 valence electrons. The van der Waals surface area contributed by atoms with Crippen molar-refractivity contribution in [3.63, 3.8) is 0 Å². The molecule has 0 aromatic heterocycles. The summed E-state index contributed by atoms with van der Waals surface area (Å²) in [5.74, 6) is 1.64. The van der Waals surface area contributed by atoms with Gasteiger partial charge in [0.25, 0.3) is 0 Å². The van der Waals surface area contributed by atoms with Gasteiger partial charge in [-0.2, -0.15) is 0 Å². The monoisotopic (exact) mass is 368 g/mol. The minimum Gasteiger partial charge on any atom is -0.457 e. The lowest BCUT2D eigenvalue weighted by Crippen LogP contribution is -1.85. The van der Waals surface area contributed by atoms with Gasteiger partial charge in [0, 0.05) is 13.2 Å². The molecule has 2 N–H and O–H groups in total. The quantitative estimate of drug-likeness (QED) is 0.473. The van der Waals surface area contributed by atoms with Crippen LogP contribution in [0.4, 0.5) is 0 Å². The maximum Gasteiger partial charge on any atom is 0.127 e. The molecule has 0 unspecified atom stereocenters. The third-order valence-corrected chi connectivity index (χ3v) is 4.03. The van der Waals surface area contributed by atoms with Crippen LogP contribution in [0.25, 0.3) is 12.2 Å². The molecule has 0 fully saturated rings. The van der Waals surface area contributed by atoms with E-state index < -0.39 is 0 Å². The SMILES string of the molecule is C=Cc1ccc(Oc2ccc(C=C)cc2)cc1.OCCCCCCCCO. The van der Waals surface area contributed by atoms with Crippen LogP contribution in [-0.4, -0.2) is 23.4 Å². The van der Waals surface area contributed by atoms with Gasteiger partial charge in [-0.1, -0.05) is 75.3 Å². The van der Waals surface area contributed by atoms with E-state index in [1.165, 1.54) is 12.8 Å². The summed E-state index contributed by atoms with van der Waals surface area (Å²) in [4.78, 5) is 0. The highest BCUT2D eigenvalue weighted by molar-refractivity contribution is 5.50. The number of aliphatic hydroxyl groups excluding tert-OH is 2. The van der Waals surface area contributed by atoms with Crippen LogP contribution in [0.1, 0.15) is 49.7 Å². The summed E-state index contributed by atoms with van der Waals surface area (Å²) >= 11 is 0. The summed E-state index contributed by atoms with van der Waals surface area (Å²) in [5, 5.41) is 16.9. The second kappa shape index (κ2) is 14.8. The van der Waals surface area contributed by atoms with Gasteiger partial charge in [-0.05, 0) is 48.2 Å². The highest BCUT2D eigenvalue weighted by Crippen LogP contribution is 2.22. The molecule has 2 aromatic carbocycles. The average Bonchev–Trinajstić information content (AvgIpc) is 2.72. The predicted octanol–water partition coefficient (Wildman–Crippen LogP) is 6.08. The molecule has 2 rings (SSSR count). The lowest BCUT2D eigenvalue weighted by Gasteiger charge is -2.06. The normalized spacial score (nSPS) is 9.85. The first-order chi connectivity index (χ1) is 13.2. The number of benzene rings is 2. The van der Waals surface area contributed by atoms with Crippen LogP contribution in [0.3, 0.4) is 0 Å². The second-order valence-corrected chi connectivity index (χ2v) is 6.22. The molecule has 0 spiro atoms. The summed E-state index contributed by atoms with van der Waals surface area (Å²) in [6, 6.07) is 15.6. The van der Waals surface area contributed by atoms with Gasteiger partial charge in [-0.25, -0.2) is 0 Å². The molecule has 27 heavy (non-hydrogen) atoms. The van der Waals surface area contributed by atoms with Crippen molar-refractivity contribution in [1.29, 1.82) is 0 Å². The number of hydrogen-bond donors (Lipinski definition) is 2. The van der Waals surface area contributed by atoms with Gasteiger partial charge in [0.2, 0.25) is 0 Å². The highest BCUT2D eigenvalue weighted by atomic mass is 16.5. The Morgan fingerprint density at radius 2 is 0.926 bits per heavy atom. The lowest BCUT2D eigenvalue weighted by atomic mass is 10.1. The van der Waals surface area contributed by atoms with Gasteiger partial charge in [0.1, 0.15) is 11.5 Å². The number of aliphatic hydroxyl groups is 2. The topological polar surface area (TPSA) is 49.7 Å². The van der Waals surface area contributed by atoms with Crippen molar-refractivity contribution < 1.29 is 14.9 Å². The van der Waals surface area contributed by atoms with Crippen molar-refractivity contribution in [3.05, 3.63) is 72.8 Å². The van der Waals surface area contributed by atoms with E-state index in [1.54, 1.807) is 0 Å². The number of ether oxygens (including phenoxy) is 1. The molecule has 2 aromatic rings. The van der Waals surface area contributed by atoms with E-state index in [4.69, 9.17) is 14.9 Å². The minimum atomic E-state index is 0.319. The Bertz CT molecular complexity index is 572. The number of unbranched alkanes of at least 4 members (excludes halogenated alkanes) is 5. The molecule has 0 saturated heterocycles. The molecule has 3 nitrogen and oxygen atoms in total. The third kappa shape index (κ3) is 10.4. The van der Waals surface area contributed by atoms with Gasteiger partial charge in [0.15, 0.2) is 0 Å². The van der Waals surface area contributed by atoms with E-state index in [-0.39, 0.29) is 0 Å². The second-order valence-electron chi connectivity index (χ2n) is 6.22. The van der Waals surface area contributed by atoms with E-state index in [9.17, 15) is 0 Å². The minimum absolute atomic E-state index is 0.319. The van der Waals surface area contributed by atoms with E-state index in [2.05, 4.69) is 13.2 Å². The maximum absolute atomic E-state index is 8.43. The van der Waals surface area contributed by atoms with E-state index in [1.807, 2.05) is 60.7 Å². The van der Waals surface area contributed by atoms with Crippen LogP contribution in [-0.2, 0) is 0 Å². The molecular weight excluding hydrogens is 336 g/mol. The summed E-state index contributed by atoms with van der Waals surface area (Å²) < 4.78 is 5.71. The molecule has 0 heterocycles. The van der Waals surface area contributed by atoms with Crippen molar-refractivity contribution in [2.75, 3.05) is 13.2 Å². The van der Waals surface area contributed by atoms with Crippen LogP contribution in [0.5, 0.6) is 11.5 Å². The summed E-state index contributed by atoms with van der Waals surface area (Å²) in [6.45, 7) is 8.07. The first-order valence-electron chi connectivity index (χ1n) is 9.58. The number of hydrogen-bond acceptors (Lipinski definition) is 3. The summed E-state index contributed by atoms with van der Waals surface area (Å²) in [7, 11) is 0. The molecule has 0 aliphatic heterocycles. The lowest BCUT2D eigenvalue weighted by molar-refractivity contribution is 0.275. The summed E-state index contributed by atoms with van der Waals surface area (Å²) in [5.41, 5.74) is 2.17. The Morgan fingerprint density at radius 3 is 1.22 bits per heavy atom. The van der Waals surface area contributed by atoms with Crippen LogP contribution in [0.15, 0.2) is 61.7 Å². The average molecular weight is 369 g/mol. The smallest absolute Gasteiger partial charge is 0.127 e. The van der Waals surface area contributed by atoms with Crippen LogP contribution in [0.2, 0.25) is 0 Å². The fourth-order valence-corrected chi connectivity index (χ4v) is 2.41. The van der Waals surface area contributed by atoms with Gasteiger partial charge in [-0.3, -0.25) is 0 Å². The zero-order chi connectivity index (χ0) is 19.7. The first kappa shape index (κ1) is 22.7. The van der Waals surface area contributed by atoms with Gasteiger partial charge in [0.05, 0.1) is 0 Å². The highest BCUT2D eigenvalue weighted by Gasteiger charge is 1.96. The largest absolute Gasteiger partial charge is 0.457 e. The Kier molecular flexibility index (Phi) is 12.4. The van der Waals surface area contributed by atoms with Crippen molar-refractivity contribution >= 4 is 12.2 Å². The Balaban J connectivity index is 0.000000314. The van der Waals surface area contributed by atoms with E-state index in [0.717, 1.165) is 48.3 Å². The van der Waals surface area contributed by atoms with E-state index in [0.29, 0.717) is 13.2 Å². The Morgan fingerprint density at radius 1 is 0.593 bits per heavy atom. The van der Waals surface area contributed by atoms with Crippen molar-refractivity contribution in [3.8, 4) is 11.5 Å². The molecule has 0 atom stereocenters. The molecular formula is C24H32O3. The summed E-state index contributed by atoms with van der Waals surface area (Å²) in [6.07, 6.45) is 10.1. The van der Waals surface area contributed by atoms with Gasteiger partial charge < -0.3 is 14.9 Å². The fourth-order valence-electron chi connectivity index (χ4n) is 2.41. The molecule has 0 radical (unpaired) electrons. The molecule has 3 heteroatoms. The fraction of sp³-hybridized carbons (Fsp3) is 0.333. The molecule has 0 amide bonds. The third-order valence-electron chi connectivity index (χ3n) is 4.03. The molecule has 0 aliphatic carbocycles. The van der Waals surface area contributed by atoms with E-state index >= 15 is 0 Å². The van der Waals surface area contributed by atoms with Gasteiger partial charge >= 0.3 is 0 Å². The zero-order valence-electron chi connectivity index (χ0n) is 16.1. The van der Waals surface area contributed by atoms with Gasteiger partial charge in [-0.15, -0.1) is 0 Å². The predicted molar refractivity (Wildman–Crippen MR) is 115 cm³/mol. The van der Waals surface area contributed by atoms with Crippen LogP contribution >= 0.6 is 0 Å². The zero-order valence-corrected chi connectivity index (χ0v) is 16.1. The Labute approximate surface area is 163 Å². The molecule has 0 saturated carbocycles. The van der Waals surface area contributed by atoms with Crippen LogP contribution in [0, 0.1) is 0 Å². The first-order valence-corrected chi connectivity index (χ1v) is 9.58. The van der Waals surface area contributed by atoms with Crippen molar-refractivity contribution in [1.82, 2.24) is 0 Å². The number of rotatable bonds is 11. The molecule has 0 bridgehead atoms. The standard InChI is InChI=1S/C16H14O.C8H18O2/c1-3-13-5-9-15(10-6-13)17-16-11-7-14(4-2)8-12-16;9-7-5-3-1-2-4-6-8-10/h3-12H,1-2H2;9-10H,1-8H2. The van der Waals surface area contributed by atoms with Crippen molar-refractivity contribution in [2.24, 2.45) is 0 Å². The molecule has 0 aliphatic rings. The van der Waals surface area contributed by atoms with Crippen molar-refractivity contribution in [2.45, 2.75) is 38.5 Å².